The van der Waals surface area contributed by atoms with E-state index < -0.39 is 17.9 Å². The lowest BCUT2D eigenvalue weighted by Gasteiger charge is -2.18. The summed E-state index contributed by atoms with van der Waals surface area (Å²) in [5, 5.41) is 26.5. The van der Waals surface area contributed by atoms with Crippen molar-refractivity contribution in [1.82, 2.24) is 15.1 Å². The maximum Gasteiger partial charge on any atom is 0.305 e. The molecule has 1 unspecified atom stereocenters. The van der Waals surface area contributed by atoms with Crippen LogP contribution in [0.5, 0.6) is 5.88 Å². The molecule has 0 aliphatic carbocycles. The van der Waals surface area contributed by atoms with E-state index in [-0.39, 0.29) is 18.0 Å². The molecular formula is C22H23N3O4. The first kappa shape index (κ1) is 20.1. The Morgan fingerprint density at radius 1 is 1.07 bits per heavy atom. The Bertz CT molecular complexity index is 1070. The van der Waals surface area contributed by atoms with E-state index >= 15 is 0 Å². The zero-order valence-electron chi connectivity index (χ0n) is 16.5. The second-order valence-corrected chi connectivity index (χ2v) is 7.07. The maximum absolute atomic E-state index is 12.8. The van der Waals surface area contributed by atoms with Crippen LogP contribution >= 0.6 is 0 Å². The third-order valence-electron chi connectivity index (χ3n) is 4.76. The number of nitrogens with one attached hydrogen (secondary N) is 1. The number of aliphatic carboxylic acids is 1. The molecular weight excluding hydrogens is 370 g/mol. The summed E-state index contributed by atoms with van der Waals surface area (Å²) < 4.78 is 1.30. The zero-order valence-corrected chi connectivity index (χ0v) is 16.5. The van der Waals surface area contributed by atoms with Crippen molar-refractivity contribution in [2.24, 2.45) is 0 Å². The van der Waals surface area contributed by atoms with Crippen molar-refractivity contribution in [3.05, 3.63) is 76.5 Å². The topological polar surface area (TPSA) is 104 Å². The van der Waals surface area contributed by atoms with Crippen molar-refractivity contribution in [2.45, 2.75) is 33.2 Å². The van der Waals surface area contributed by atoms with Crippen LogP contribution in [0.1, 0.15) is 45.2 Å². The van der Waals surface area contributed by atoms with Crippen LogP contribution in [0.3, 0.4) is 0 Å². The van der Waals surface area contributed by atoms with Crippen LogP contribution in [0.2, 0.25) is 0 Å². The molecule has 1 aromatic heterocycles. The molecule has 3 aromatic rings. The Labute approximate surface area is 168 Å². The van der Waals surface area contributed by atoms with Crippen molar-refractivity contribution in [2.75, 3.05) is 0 Å². The van der Waals surface area contributed by atoms with Gasteiger partial charge in [-0.05, 0) is 49.1 Å². The van der Waals surface area contributed by atoms with E-state index in [0.717, 1.165) is 22.3 Å². The largest absolute Gasteiger partial charge is 0.493 e. The van der Waals surface area contributed by atoms with E-state index in [9.17, 15) is 19.8 Å². The average Bonchev–Trinajstić information content (AvgIpc) is 3.05. The highest BCUT2D eigenvalue weighted by atomic mass is 16.4. The number of benzene rings is 2. The molecule has 7 heteroatoms. The minimum Gasteiger partial charge on any atom is -0.493 e. The minimum atomic E-state index is -1.03. The Hall–Kier alpha value is -3.61. The maximum atomic E-state index is 12.8. The van der Waals surface area contributed by atoms with Gasteiger partial charge in [0.05, 0.1) is 18.2 Å². The molecule has 0 bridgehead atoms. The SMILES string of the molecule is Cc1ccc(C)c(-n2nc(C(=O)NC(CC(=O)O)c3ccccc3C)cc2O)c1. The van der Waals surface area contributed by atoms with Crippen LogP contribution in [0.25, 0.3) is 5.69 Å². The van der Waals surface area contributed by atoms with E-state index in [1.165, 1.54) is 10.7 Å². The summed E-state index contributed by atoms with van der Waals surface area (Å²) in [6.45, 7) is 5.67. The Morgan fingerprint density at radius 3 is 2.48 bits per heavy atom. The van der Waals surface area contributed by atoms with Gasteiger partial charge in [0.15, 0.2) is 5.69 Å². The molecule has 150 valence electrons. The summed E-state index contributed by atoms with van der Waals surface area (Å²) in [5.74, 6) is -1.75. The first-order valence-electron chi connectivity index (χ1n) is 9.21. The highest BCUT2D eigenvalue weighted by Crippen LogP contribution is 2.24. The van der Waals surface area contributed by atoms with Crippen molar-refractivity contribution in [3.63, 3.8) is 0 Å². The summed E-state index contributed by atoms with van der Waals surface area (Å²) >= 11 is 0. The Kier molecular flexibility index (Phi) is 5.68. The summed E-state index contributed by atoms with van der Waals surface area (Å²) in [6, 6.07) is 13.6. The average molecular weight is 393 g/mol. The van der Waals surface area contributed by atoms with Crippen LogP contribution in [0, 0.1) is 20.8 Å². The number of aryl methyl sites for hydroxylation is 3. The summed E-state index contributed by atoms with van der Waals surface area (Å²) in [5.41, 5.74) is 4.16. The molecule has 0 fully saturated rings. The molecule has 0 spiro atoms. The number of carboxylic acids is 1. The van der Waals surface area contributed by atoms with Crippen molar-refractivity contribution >= 4 is 11.9 Å². The molecule has 0 saturated carbocycles. The van der Waals surface area contributed by atoms with E-state index in [0.29, 0.717) is 5.69 Å². The Morgan fingerprint density at radius 2 is 1.79 bits per heavy atom. The lowest BCUT2D eigenvalue weighted by atomic mass is 9.98. The number of amides is 1. The van der Waals surface area contributed by atoms with E-state index in [2.05, 4.69) is 10.4 Å². The highest BCUT2D eigenvalue weighted by Gasteiger charge is 2.23. The molecule has 2 aromatic carbocycles. The van der Waals surface area contributed by atoms with Crippen LogP contribution in [-0.4, -0.2) is 31.9 Å². The number of hydrogen-bond donors (Lipinski definition) is 3. The van der Waals surface area contributed by atoms with Crippen LogP contribution in [0.15, 0.2) is 48.5 Å². The molecule has 29 heavy (non-hydrogen) atoms. The molecule has 0 saturated heterocycles. The highest BCUT2D eigenvalue weighted by molar-refractivity contribution is 5.93. The zero-order chi connectivity index (χ0) is 21.1. The van der Waals surface area contributed by atoms with Gasteiger partial charge in [0.2, 0.25) is 5.88 Å². The van der Waals surface area contributed by atoms with Gasteiger partial charge in [-0.25, -0.2) is 4.68 Å². The first-order chi connectivity index (χ1) is 13.8. The van der Waals surface area contributed by atoms with Crippen molar-refractivity contribution < 1.29 is 19.8 Å². The standard InChI is InChI=1S/C22H23N3O4/c1-13-8-9-15(3)19(10-13)25-20(26)11-18(24-25)22(29)23-17(12-21(27)28)16-7-5-4-6-14(16)2/h4-11,17,26H,12H2,1-3H3,(H,23,29)(H,27,28). The quantitative estimate of drug-likeness (QED) is 0.595. The third kappa shape index (κ3) is 4.45. The third-order valence-corrected chi connectivity index (χ3v) is 4.76. The fraction of sp³-hybridized carbons (Fsp3) is 0.227. The predicted octanol–water partition coefficient (Wildman–Crippen LogP) is 3.45. The van der Waals surface area contributed by atoms with Gasteiger partial charge >= 0.3 is 5.97 Å². The van der Waals surface area contributed by atoms with Gasteiger partial charge in [0.1, 0.15) is 0 Å². The summed E-state index contributed by atoms with van der Waals surface area (Å²) in [7, 11) is 0. The Balaban J connectivity index is 1.91. The molecule has 7 nitrogen and oxygen atoms in total. The molecule has 0 radical (unpaired) electrons. The van der Waals surface area contributed by atoms with Crippen molar-refractivity contribution in [1.29, 1.82) is 0 Å². The summed E-state index contributed by atoms with van der Waals surface area (Å²) in [6.07, 6.45) is -0.264. The molecule has 0 aliphatic rings. The molecule has 1 atom stereocenters. The van der Waals surface area contributed by atoms with Crippen LogP contribution < -0.4 is 5.32 Å². The lowest BCUT2D eigenvalue weighted by Crippen LogP contribution is -2.31. The fourth-order valence-corrected chi connectivity index (χ4v) is 3.23. The number of aromatic nitrogens is 2. The number of carbonyl (C=O) groups is 2. The van der Waals surface area contributed by atoms with Crippen molar-refractivity contribution in [3.8, 4) is 11.6 Å². The normalized spacial score (nSPS) is 11.8. The number of carboxylic acid groups (broad SMARTS) is 1. The van der Waals surface area contributed by atoms with Gasteiger partial charge in [-0.2, -0.15) is 5.10 Å². The number of nitrogens with zero attached hydrogens (tertiary/aromatic N) is 2. The molecule has 3 rings (SSSR count). The first-order valence-corrected chi connectivity index (χ1v) is 9.21. The number of aromatic hydroxyl groups is 1. The lowest BCUT2D eigenvalue weighted by molar-refractivity contribution is -0.137. The number of rotatable bonds is 6. The van der Waals surface area contributed by atoms with E-state index in [1.54, 1.807) is 12.1 Å². The fourth-order valence-electron chi connectivity index (χ4n) is 3.23. The predicted molar refractivity (Wildman–Crippen MR) is 108 cm³/mol. The smallest absolute Gasteiger partial charge is 0.305 e. The molecule has 3 N–H and O–H groups in total. The van der Waals surface area contributed by atoms with Gasteiger partial charge in [0.25, 0.3) is 5.91 Å². The van der Waals surface area contributed by atoms with E-state index in [4.69, 9.17) is 0 Å². The van der Waals surface area contributed by atoms with Gasteiger partial charge in [-0.3, -0.25) is 9.59 Å². The second-order valence-electron chi connectivity index (χ2n) is 7.07. The van der Waals surface area contributed by atoms with Gasteiger partial charge in [0, 0.05) is 6.07 Å². The molecule has 1 amide bonds. The van der Waals surface area contributed by atoms with Crippen LogP contribution in [-0.2, 0) is 4.79 Å². The van der Waals surface area contributed by atoms with Gasteiger partial charge in [-0.15, -0.1) is 0 Å². The van der Waals surface area contributed by atoms with E-state index in [1.807, 2.05) is 51.1 Å². The molecule has 0 aliphatic heterocycles. The number of hydrogen-bond acceptors (Lipinski definition) is 4. The monoisotopic (exact) mass is 393 g/mol. The number of carbonyl (C=O) groups excluding carboxylic acids is 1. The van der Waals surface area contributed by atoms with Crippen LogP contribution in [0.4, 0.5) is 0 Å². The van der Waals surface area contributed by atoms with Gasteiger partial charge in [-0.1, -0.05) is 36.4 Å². The minimum absolute atomic E-state index is 0.00683. The molecule has 1 heterocycles. The second kappa shape index (κ2) is 8.18. The van der Waals surface area contributed by atoms with Gasteiger partial charge < -0.3 is 15.5 Å². The summed E-state index contributed by atoms with van der Waals surface area (Å²) in [4.78, 5) is 24.1.